The van der Waals surface area contributed by atoms with Crippen LogP contribution in [0.15, 0.2) is 36.5 Å². The Balaban J connectivity index is 2.29. The van der Waals surface area contributed by atoms with Crippen LogP contribution in [0.2, 0.25) is 0 Å². The molecule has 1 aromatic heterocycles. The molecule has 0 bridgehead atoms. The van der Waals surface area contributed by atoms with Crippen LogP contribution in [0.5, 0.6) is 0 Å². The van der Waals surface area contributed by atoms with Gasteiger partial charge in [-0.3, -0.25) is 9.78 Å². The number of aromatic nitrogens is 1. The summed E-state index contributed by atoms with van der Waals surface area (Å²) in [5, 5.41) is 3.72. The van der Waals surface area contributed by atoms with Crippen LogP contribution in [0.4, 0.5) is 0 Å². The third-order valence-corrected chi connectivity index (χ3v) is 3.40. The van der Waals surface area contributed by atoms with Gasteiger partial charge in [0.1, 0.15) is 0 Å². The lowest BCUT2D eigenvalue weighted by Crippen LogP contribution is -2.43. The molecule has 0 spiro atoms. The zero-order valence-electron chi connectivity index (χ0n) is 11.3. The second kappa shape index (κ2) is 6.43. The first-order valence-corrected chi connectivity index (χ1v) is 6.98. The van der Waals surface area contributed by atoms with E-state index in [1.807, 2.05) is 31.2 Å². The number of hydrogen-bond acceptors (Lipinski definition) is 3. The molecule has 0 saturated heterocycles. The number of carbonyl (C=O) groups is 1. The molecule has 2 aromatic rings. The summed E-state index contributed by atoms with van der Waals surface area (Å²) in [6.45, 7) is 2.03. The smallest absolute Gasteiger partial charge is 0.252 e. The van der Waals surface area contributed by atoms with Gasteiger partial charge in [-0.05, 0) is 24.6 Å². The van der Waals surface area contributed by atoms with Crippen molar-refractivity contribution >= 4 is 34.0 Å². The van der Waals surface area contributed by atoms with Gasteiger partial charge < -0.3 is 11.1 Å². The van der Waals surface area contributed by atoms with Gasteiger partial charge >= 0.3 is 0 Å². The quantitative estimate of drug-likeness (QED) is 0.829. The van der Waals surface area contributed by atoms with Crippen molar-refractivity contribution in [2.45, 2.75) is 25.8 Å². The monoisotopic (exact) mass is 287 g/mol. The number of benzene rings is 1. The topological polar surface area (TPSA) is 68.0 Å². The van der Waals surface area contributed by atoms with Gasteiger partial charge in [-0.15, -0.1) is 0 Å². The molecule has 5 heteroatoms. The first-order valence-electron chi connectivity index (χ1n) is 6.57. The number of nitrogens with zero attached hydrogens (tertiary/aromatic N) is 1. The highest BCUT2D eigenvalue weighted by Gasteiger charge is 2.17. The third-order valence-electron chi connectivity index (χ3n) is 3.12. The van der Waals surface area contributed by atoms with Crippen LogP contribution in [0.25, 0.3) is 10.9 Å². The molecule has 1 atom stereocenters. The molecule has 0 aliphatic rings. The fourth-order valence-corrected chi connectivity index (χ4v) is 2.29. The molecule has 1 aromatic carbocycles. The van der Waals surface area contributed by atoms with Crippen LogP contribution in [0.3, 0.4) is 0 Å². The molecule has 104 valence electrons. The van der Waals surface area contributed by atoms with Crippen LogP contribution in [0.1, 0.15) is 30.1 Å². The minimum atomic E-state index is -0.269. The van der Waals surface area contributed by atoms with E-state index in [4.69, 9.17) is 18.0 Å². The SMILES string of the molecule is CCCC(NC(=O)c1cccc2ncccc12)C(N)=S. The van der Waals surface area contributed by atoms with Crippen molar-refractivity contribution < 1.29 is 4.79 Å². The molecule has 0 radical (unpaired) electrons. The van der Waals surface area contributed by atoms with Crippen LogP contribution >= 0.6 is 12.2 Å². The van der Waals surface area contributed by atoms with Crippen LogP contribution in [0, 0.1) is 0 Å². The number of nitrogens with two attached hydrogens (primary N) is 1. The average Bonchev–Trinajstić information content (AvgIpc) is 2.46. The van der Waals surface area contributed by atoms with Gasteiger partial charge in [0.15, 0.2) is 0 Å². The Morgan fingerprint density at radius 2 is 2.20 bits per heavy atom. The summed E-state index contributed by atoms with van der Waals surface area (Å²) >= 11 is 5.00. The van der Waals surface area contributed by atoms with E-state index in [9.17, 15) is 4.79 Å². The molecule has 3 N–H and O–H groups in total. The van der Waals surface area contributed by atoms with Crippen molar-refractivity contribution in [3.63, 3.8) is 0 Å². The lowest BCUT2D eigenvalue weighted by atomic mass is 10.1. The first kappa shape index (κ1) is 14.4. The summed E-state index contributed by atoms with van der Waals surface area (Å²) in [7, 11) is 0. The molecule has 0 fully saturated rings. The highest BCUT2D eigenvalue weighted by atomic mass is 32.1. The van der Waals surface area contributed by atoms with Gasteiger partial charge in [0.25, 0.3) is 5.91 Å². The average molecular weight is 287 g/mol. The normalized spacial score (nSPS) is 12.1. The maximum Gasteiger partial charge on any atom is 0.252 e. The molecular weight excluding hydrogens is 270 g/mol. The van der Waals surface area contributed by atoms with Crippen molar-refractivity contribution in [1.82, 2.24) is 10.3 Å². The van der Waals surface area contributed by atoms with E-state index in [1.54, 1.807) is 12.3 Å². The number of thiocarbonyl (C=S) groups is 1. The summed E-state index contributed by atoms with van der Waals surface area (Å²) in [5.74, 6) is -0.171. The van der Waals surface area contributed by atoms with Gasteiger partial charge in [0.05, 0.1) is 16.5 Å². The molecule has 0 saturated carbocycles. The Bertz CT molecular complexity index is 637. The van der Waals surface area contributed by atoms with Gasteiger partial charge in [-0.2, -0.15) is 0 Å². The summed E-state index contributed by atoms with van der Waals surface area (Å²) in [4.78, 5) is 17.0. The standard InChI is InChI=1S/C15H17N3OS/c1-2-5-13(14(16)20)18-15(19)11-6-3-8-12-10(11)7-4-9-17-12/h3-4,6-9,13H,2,5H2,1H3,(H2,16,20)(H,18,19). The first-order chi connectivity index (χ1) is 9.63. The number of rotatable bonds is 5. The molecule has 2 rings (SSSR count). The van der Waals surface area contributed by atoms with E-state index >= 15 is 0 Å². The van der Waals surface area contributed by atoms with Crippen molar-refractivity contribution in [2.24, 2.45) is 5.73 Å². The molecule has 1 amide bonds. The summed E-state index contributed by atoms with van der Waals surface area (Å²) < 4.78 is 0. The number of pyridine rings is 1. The van der Waals surface area contributed by atoms with Gasteiger partial charge in [-0.25, -0.2) is 0 Å². The second-order valence-corrected chi connectivity index (χ2v) is 5.06. The fourth-order valence-electron chi connectivity index (χ4n) is 2.11. The number of carbonyl (C=O) groups excluding carboxylic acids is 1. The Morgan fingerprint density at radius 3 is 2.90 bits per heavy atom. The van der Waals surface area contributed by atoms with E-state index in [2.05, 4.69) is 10.3 Å². The molecular formula is C15H17N3OS. The molecule has 0 aliphatic heterocycles. The summed E-state index contributed by atoms with van der Waals surface area (Å²) in [6.07, 6.45) is 3.35. The minimum Gasteiger partial charge on any atom is -0.392 e. The molecule has 1 heterocycles. The van der Waals surface area contributed by atoms with Crippen molar-refractivity contribution in [3.05, 3.63) is 42.1 Å². The number of nitrogens with one attached hydrogen (secondary N) is 1. The Hall–Kier alpha value is -2.01. The van der Waals surface area contributed by atoms with E-state index < -0.39 is 0 Å². The maximum absolute atomic E-state index is 12.4. The van der Waals surface area contributed by atoms with Gasteiger partial charge in [0.2, 0.25) is 0 Å². The molecule has 0 aliphatic carbocycles. The van der Waals surface area contributed by atoms with E-state index in [0.29, 0.717) is 10.6 Å². The van der Waals surface area contributed by atoms with Crippen molar-refractivity contribution in [1.29, 1.82) is 0 Å². The lowest BCUT2D eigenvalue weighted by Gasteiger charge is -2.17. The van der Waals surface area contributed by atoms with Crippen molar-refractivity contribution in [2.75, 3.05) is 0 Å². The third kappa shape index (κ3) is 3.11. The Kier molecular flexibility index (Phi) is 4.63. The highest BCUT2D eigenvalue weighted by Crippen LogP contribution is 2.16. The van der Waals surface area contributed by atoms with Gasteiger partial charge in [0, 0.05) is 17.1 Å². The molecule has 1 unspecified atom stereocenters. The van der Waals surface area contributed by atoms with Crippen molar-refractivity contribution in [3.8, 4) is 0 Å². The predicted octanol–water partition coefficient (Wildman–Crippen LogP) is 2.42. The second-order valence-electron chi connectivity index (χ2n) is 4.59. The Morgan fingerprint density at radius 1 is 1.40 bits per heavy atom. The fraction of sp³-hybridized carbons (Fsp3) is 0.267. The van der Waals surface area contributed by atoms with E-state index in [1.165, 1.54) is 0 Å². The highest BCUT2D eigenvalue weighted by molar-refractivity contribution is 7.80. The van der Waals surface area contributed by atoms with E-state index in [-0.39, 0.29) is 11.9 Å². The van der Waals surface area contributed by atoms with E-state index in [0.717, 1.165) is 23.7 Å². The number of amides is 1. The lowest BCUT2D eigenvalue weighted by molar-refractivity contribution is 0.0947. The number of hydrogen-bond donors (Lipinski definition) is 2. The molecule has 20 heavy (non-hydrogen) atoms. The van der Waals surface area contributed by atoms with Crippen LogP contribution in [-0.2, 0) is 0 Å². The predicted molar refractivity (Wildman–Crippen MR) is 84.7 cm³/mol. The summed E-state index contributed by atoms with van der Waals surface area (Å²) in [6, 6.07) is 8.91. The van der Waals surface area contributed by atoms with Crippen LogP contribution in [-0.4, -0.2) is 21.9 Å². The molecule has 4 nitrogen and oxygen atoms in total. The Labute approximate surface area is 123 Å². The zero-order chi connectivity index (χ0) is 14.5. The summed E-state index contributed by atoms with van der Waals surface area (Å²) in [5.41, 5.74) is 7.05. The number of fused-ring (bicyclic) bond motifs is 1. The zero-order valence-corrected chi connectivity index (χ0v) is 12.1. The minimum absolute atomic E-state index is 0.171. The van der Waals surface area contributed by atoms with Gasteiger partial charge in [-0.1, -0.05) is 37.7 Å². The largest absolute Gasteiger partial charge is 0.392 e. The van der Waals surface area contributed by atoms with Crippen LogP contribution < -0.4 is 11.1 Å². The maximum atomic E-state index is 12.4.